The molecule has 2 fully saturated rings. The maximum absolute atomic E-state index is 12.7. The highest BCUT2D eigenvalue weighted by atomic mass is 32.1. The molecule has 2 aliphatic carbocycles. The normalized spacial score (nSPS) is 29.2. The van der Waals surface area contributed by atoms with Crippen molar-refractivity contribution in [2.24, 2.45) is 17.6 Å². The van der Waals surface area contributed by atoms with Gasteiger partial charge in [-0.1, -0.05) is 6.42 Å². The third-order valence-electron chi connectivity index (χ3n) is 5.33. The highest BCUT2D eigenvalue weighted by Crippen LogP contribution is 2.40. The lowest BCUT2D eigenvalue weighted by atomic mass is 9.67. The van der Waals surface area contributed by atoms with Crippen molar-refractivity contribution in [2.45, 2.75) is 44.2 Å². The Kier molecular flexibility index (Phi) is 4.33. The van der Waals surface area contributed by atoms with Gasteiger partial charge in [0.25, 0.3) is 5.91 Å². The van der Waals surface area contributed by atoms with Crippen LogP contribution in [0.5, 0.6) is 0 Å². The number of nitrogens with two attached hydrogens (primary N) is 1. The van der Waals surface area contributed by atoms with Crippen LogP contribution in [-0.2, 0) is 0 Å². The molecule has 5 nitrogen and oxygen atoms in total. The van der Waals surface area contributed by atoms with Gasteiger partial charge in [-0.05, 0) is 49.7 Å². The van der Waals surface area contributed by atoms with E-state index in [9.17, 15) is 4.79 Å². The van der Waals surface area contributed by atoms with E-state index in [4.69, 9.17) is 5.73 Å². The largest absolute Gasteiger partial charge is 0.348 e. The third-order valence-corrected chi connectivity index (χ3v) is 6.38. The molecule has 2 aromatic rings. The number of nitrogens with one attached hydrogen (secondary N) is 1. The van der Waals surface area contributed by atoms with E-state index in [0.29, 0.717) is 22.8 Å². The topological polar surface area (TPSA) is 80.9 Å². The summed E-state index contributed by atoms with van der Waals surface area (Å²) in [6, 6.07) is 4.40. The van der Waals surface area contributed by atoms with Crippen molar-refractivity contribution in [1.29, 1.82) is 0 Å². The van der Waals surface area contributed by atoms with Crippen LogP contribution in [-0.4, -0.2) is 28.0 Å². The lowest BCUT2D eigenvalue weighted by molar-refractivity contribution is 0.0759. The Balaban J connectivity index is 1.48. The van der Waals surface area contributed by atoms with Gasteiger partial charge in [-0.3, -0.25) is 9.78 Å². The van der Waals surface area contributed by atoms with Crippen molar-refractivity contribution < 1.29 is 4.79 Å². The van der Waals surface area contributed by atoms with Gasteiger partial charge < -0.3 is 11.1 Å². The summed E-state index contributed by atoms with van der Waals surface area (Å²) >= 11 is 1.44. The van der Waals surface area contributed by atoms with Crippen LogP contribution in [0.1, 0.15) is 41.8 Å². The van der Waals surface area contributed by atoms with Gasteiger partial charge in [0.2, 0.25) is 0 Å². The molecule has 2 aliphatic rings. The van der Waals surface area contributed by atoms with Crippen LogP contribution in [0.4, 0.5) is 0 Å². The summed E-state index contributed by atoms with van der Waals surface area (Å²) in [6.07, 6.45) is 10.9. The van der Waals surface area contributed by atoms with Gasteiger partial charge in [0, 0.05) is 30.0 Å². The molecule has 4 rings (SSSR count). The number of carbonyl (C=O) groups excluding carboxylic acids is 1. The Hall–Kier alpha value is -1.79. The lowest BCUT2D eigenvalue weighted by Gasteiger charge is -2.45. The molecule has 0 spiro atoms. The van der Waals surface area contributed by atoms with Crippen molar-refractivity contribution in [3.8, 4) is 10.6 Å². The summed E-state index contributed by atoms with van der Waals surface area (Å²) < 4.78 is 0. The molecule has 2 aromatic heterocycles. The highest BCUT2D eigenvalue weighted by Gasteiger charge is 2.40. The Bertz CT molecular complexity index is 703. The summed E-state index contributed by atoms with van der Waals surface area (Å²) in [5.74, 6) is 1.07. The first-order valence-corrected chi connectivity index (χ1v) is 9.45. The van der Waals surface area contributed by atoms with Gasteiger partial charge >= 0.3 is 0 Å². The maximum atomic E-state index is 12.7. The minimum Gasteiger partial charge on any atom is -0.348 e. The Morgan fingerprint density at radius 3 is 2.62 bits per heavy atom. The molecule has 0 radical (unpaired) electrons. The molecule has 0 aromatic carbocycles. The van der Waals surface area contributed by atoms with E-state index < -0.39 is 0 Å². The summed E-state index contributed by atoms with van der Waals surface area (Å²) in [5, 5.41) is 4.14. The van der Waals surface area contributed by atoms with Gasteiger partial charge in [0.15, 0.2) is 0 Å². The van der Waals surface area contributed by atoms with Crippen LogP contribution in [0, 0.1) is 11.8 Å². The number of hydrogen-bond acceptors (Lipinski definition) is 5. The summed E-state index contributed by atoms with van der Waals surface area (Å²) in [6.45, 7) is 0. The second-order valence-electron chi connectivity index (χ2n) is 6.95. The zero-order valence-corrected chi connectivity index (χ0v) is 14.3. The number of thiazole rings is 1. The van der Waals surface area contributed by atoms with Crippen molar-refractivity contribution in [2.75, 3.05) is 0 Å². The first-order valence-electron chi connectivity index (χ1n) is 8.63. The summed E-state index contributed by atoms with van der Waals surface area (Å²) in [4.78, 5) is 21.8. The number of aromatic nitrogens is 2. The number of amides is 1. The van der Waals surface area contributed by atoms with Crippen molar-refractivity contribution in [3.63, 3.8) is 0 Å². The van der Waals surface area contributed by atoms with Gasteiger partial charge in [-0.2, -0.15) is 0 Å². The van der Waals surface area contributed by atoms with Crippen molar-refractivity contribution >= 4 is 17.2 Å². The average molecular weight is 342 g/mol. The molecule has 1 amide bonds. The van der Waals surface area contributed by atoms with E-state index >= 15 is 0 Å². The standard InChI is InChI=1S/C18H22N4OS/c19-14-8-12-2-1-3-13(9-14)16(12)22-17(23)15-10-21-18(24-15)11-4-6-20-7-5-11/h4-7,10,12-14,16H,1-3,8-9,19H2,(H,22,23). The average Bonchev–Trinajstić information content (AvgIpc) is 3.07. The Morgan fingerprint density at radius 1 is 1.21 bits per heavy atom. The molecule has 2 heterocycles. The second kappa shape index (κ2) is 6.61. The van der Waals surface area contributed by atoms with Crippen molar-refractivity contribution in [1.82, 2.24) is 15.3 Å². The predicted octanol–water partition coefficient (Wildman–Crippen LogP) is 2.84. The molecule has 2 saturated carbocycles. The van der Waals surface area contributed by atoms with E-state index in [1.165, 1.54) is 30.6 Å². The van der Waals surface area contributed by atoms with Crippen LogP contribution < -0.4 is 11.1 Å². The van der Waals surface area contributed by atoms with Crippen LogP contribution in [0.3, 0.4) is 0 Å². The minimum absolute atomic E-state index is 0.00479. The molecular weight excluding hydrogens is 320 g/mol. The fraction of sp³-hybridized carbons (Fsp3) is 0.500. The number of pyridine rings is 1. The molecule has 0 aliphatic heterocycles. The smallest absolute Gasteiger partial charge is 0.263 e. The molecule has 2 bridgehead atoms. The van der Waals surface area contributed by atoms with Gasteiger partial charge in [-0.25, -0.2) is 4.98 Å². The van der Waals surface area contributed by atoms with E-state index in [0.717, 1.165) is 23.4 Å². The molecule has 24 heavy (non-hydrogen) atoms. The molecule has 3 N–H and O–H groups in total. The number of carbonyl (C=O) groups is 1. The molecule has 6 heteroatoms. The van der Waals surface area contributed by atoms with Crippen molar-refractivity contribution in [3.05, 3.63) is 35.6 Å². The lowest BCUT2D eigenvalue weighted by Crippen LogP contribution is -2.53. The first-order chi connectivity index (χ1) is 11.7. The third kappa shape index (κ3) is 3.08. The zero-order valence-electron chi connectivity index (χ0n) is 13.5. The first kappa shape index (κ1) is 15.7. The Labute approximate surface area is 145 Å². The zero-order chi connectivity index (χ0) is 16.5. The number of nitrogens with zero attached hydrogens (tertiary/aromatic N) is 2. The molecular formula is C18H22N4OS. The van der Waals surface area contributed by atoms with E-state index in [2.05, 4.69) is 15.3 Å². The Morgan fingerprint density at radius 2 is 1.92 bits per heavy atom. The van der Waals surface area contributed by atoms with Gasteiger partial charge in [0.1, 0.15) is 9.88 Å². The highest BCUT2D eigenvalue weighted by molar-refractivity contribution is 7.16. The van der Waals surface area contributed by atoms with Gasteiger partial charge in [0.05, 0.1) is 6.20 Å². The van der Waals surface area contributed by atoms with Crippen LogP contribution >= 0.6 is 11.3 Å². The monoisotopic (exact) mass is 342 g/mol. The van der Waals surface area contributed by atoms with Crippen LogP contribution in [0.2, 0.25) is 0 Å². The maximum Gasteiger partial charge on any atom is 0.263 e. The minimum atomic E-state index is 0.00479. The predicted molar refractivity (Wildman–Crippen MR) is 94.6 cm³/mol. The number of hydrogen-bond donors (Lipinski definition) is 2. The number of fused-ring (bicyclic) bond motifs is 2. The van der Waals surface area contributed by atoms with Crippen LogP contribution in [0.15, 0.2) is 30.7 Å². The quantitative estimate of drug-likeness (QED) is 0.899. The molecule has 2 unspecified atom stereocenters. The molecule has 2 atom stereocenters. The second-order valence-corrected chi connectivity index (χ2v) is 7.98. The number of rotatable bonds is 3. The van der Waals surface area contributed by atoms with E-state index in [1.54, 1.807) is 18.6 Å². The summed E-state index contributed by atoms with van der Waals surface area (Å²) in [5.41, 5.74) is 7.17. The van der Waals surface area contributed by atoms with E-state index in [-0.39, 0.29) is 11.9 Å². The summed E-state index contributed by atoms with van der Waals surface area (Å²) in [7, 11) is 0. The van der Waals surface area contributed by atoms with Crippen LogP contribution in [0.25, 0.3) is 10.6 Å². The fourth-order valence-corrected chi connectivity index (χ4v) is 5.08. The SMILES string of the molecule is NC1CC2CCCC(C1)C2NC(=O)c1cnc(-c2ccncc2)s1. The van der Waals surface area contributed by atoms with Gasteiger partial charge in [-0.15, -0.1) is 11.3 Å². The molecule has 0 saturated heterocycles. The van der Waals surface area contributed by atoms with E-state index in [1.807, 2.05) is 12.1 Å². The fourth-order valence-electron chi connectivity index (χ4n) is 4.25. The molecule has 126 valence electrons.